The molecule has 0 aliphatic rings. The minimum Gasteiger partial charge on any atom is -0.394 e. The number of nitrogens with one attached hydrogen (secondary N) is 1. The molecule has 1 heterocycles. The molecule has 1 aromatic carbocycles. The number of hydrogen-bond donors (Lipinski definition) is 2. The Morgan fingerprint density at radius 1 is 1.41 bits per heavy atom. The van der Waals surface area contributed by atoms with Gasteiger partial charge in [0.15, 0.2) is 9.84 Å². The predicted octanol–water partition coefficient (Wildman–Crippen LogP) is 1.18. The molecule has 0 aliphatic heterocycles. The highest BCUT2D eigenvalue weighted by atomic mass is 35.5. The van der Waals surface area contributed by atoms with E-state index in [0.29, 0.717) is 0 Å². The van der Waals surface area contributed by atoms with Crippen molar-refractivity contribution in [2.45, 2.75) is 11.4 Å². The molecule has 0 bridgehead atoms. The number of nitrogens with zero attached hydrogens (tertiary/aromatic N) is 2. The van der Waals surface area contributed by atoms with E-state index in [-0.39, 0.29) is 34.3 Å². The smallest absolute Gasteiger partial charge is 0.258 e. The second-order valence-corrected chi connectivity index (χ2v) is 7.07. The molecule has 1 amide bonds. The Balaban J connectivity index is 2.22. The topological polar surface area (TPSA) is 101 Å². The molecule has 2 N–H and O–H groups in total. The minimum atomic E-state index is -3.43. The molecule has 0 atom stereocenters. The number of halogens is 1. The number of benzene rings is 1. The van der Waals surface area contributed by atoms with Gasteiger partial charge in [-0.25, -0.2) is 8.42 Å². The normalized spacial score (nSPS) is 11.4. The van der Waals surface area contributed by atoms with Crippen molar-refractivity contribution in [3.63, 3.8) is 0 Å². The zero-order valence-corrected chi connectivity index (χ0v) is 13.2. The van der Waals surface area contributed by atoms with Gasteiger partial charge in [0.25, 0.3) is 5.91 Å². The third kappa shape index (κ3) is 4.06. The molecule has 118 valence electrons. The fourth-order valence-corrected chi connectivity index (χ4v) is 2.74. The van der Waals surface area contributed by atoms with Crippen molar-refractivity contribution in [1.29, 1.82) is 0 Å². The number of anilines is 1. The lowest BCUT2D eigenvalue weighted by atomic mass is 10.3. The number of rotatable bonds is 5. The standard InChI is InChI=1S/C13H14ClN3O4S/c1-22(20,21)12-5-10(14)4-11(6-12)16-13(19)9-7-15-17(8-9)2-3-18/h4-8,18H,2-3H2,1H3,(H,16,19). The van der Waals surface area contributed by atoms with Gasteiger partial charge in [0.1, 0.15) is 0 Å². The van der Waals surface area contributed by atoms with Crippen LogP contribution in [0.25, 0.3) is 0 Å². The molecule has 1 aromatic heterocycles. The summed E-state index contributed by atoms with van der Waals surface area (Å²) in [6.45, 7) is 0.192. The van der Waals surface area contributed by atoms with Gasteiger partial charge in [-0.05, 0) is 18.2 Å². The quantitative estimate of drug-likeness (QED) is 0.849. The van der Waals surface area contributed by atoms with Crippen LogP contribution in [0.5, 0.6) is 0 Å². The summed E-state index contributed by atoms with van der Waals surface area (Å²) >= 11 is 5.87. The first-order valence-corrected chi connectivity index (χ1v) is 8.52. The molecule has 0 unspecified atom stereocenters. The lowest BCUT2D eigenvalue weighted by Gasteiger charge is -2.07. The van der Waals surface area contributed by atoms with Crippen LogP contribution in [0.2, 0.25) is 5.02 Å². The molecule has 0 saturated carbocycles. The average Bonchev–Trinajstić information content (AvgIpc) is 2.86. The summed E-state index contributed by atoms with van der Waals surface area (Å²) in [7, 11) is -3.43. The van der Waals surface area contributed by atoms with Crippen LogP contribution in [0.1, 0.15) is 10.4 Å². The van der Waals surface area contributed by atoms with Crippen LogP contribution in [-0.4, -0.2) is 42.1 Å². The lowest BCUT2D eigenvalue weighted by Crippen LogP contribution is -2.12. The summed E-state index contributed by atoms with van der Waals surface area (Å²) in [5.41, 5.74) is 0.558. The SMILES string of the molecule is CS(=O)(=O)c1cc(Cl)cc(NC(=O)c2cnn(CCO)c2)c1. The molecule has 9 heteroatoms. The monoisotopic (exact) mass is 343 g/mol. The van der Waals surface area contributed by atoms with E-state index >= 15 is 0 Å². The maximum Gasteiger partial charge on any atom is 0.258 e. The van der Waals surface area contributed by atoms with Crippen molar-refractivity contribution in [3.05, 3.63) is 41.2 Å². The number of carbonyl (C=O) groups is 1. The molecule has 2 aromatic rings. The molecule has 22 heavy (non-hydrogen) atoms. The Bertz CT molecular complexity index is 801. The highest BCUT2D eigenvalue weighted by Crippen LogP contribution is 2.22. The van der Waals surface area contributed by atoms with E-state index in [1.165, 1.54) is 35.3 Å². The molecule has 0 fully saturated rings. The number of hydrogen-bond acceptors (Lipinski definition) is 5. The van der Waals surface area contributed by atoms with E-state index in [4.69, 9.17) is 16.7 Å². The molecule has 0 spiro atoms. The summed E-state index contributed by atoms with van der Waals surface area (Å²) < 4.78 is 24.5. The van der Waals surface area contributed by atoms with E-state index in [1.54, 1.807) is 0 Å². The van der Waals surface area contributed by atoms with Crippen molar-refractivity contribution in [2.24, 2.45) is 0 Å². The first-order chi connectivity index (χ1) is 10.3. The second kappa shape index (κ2) is 6.47. The summed E-state index contributed by atoms with van der Waals surface area (Å²) in [4.78, 5) is 12.1. The maximum absolute atomic E-state index is 12.1. The molecular formula is C13H14ClN3O4S. The number of amides is 1. The molecular weight excluding hydrogens is 330 g/mol. The van der Waals surface area contributed by atoms with Crippen molar-refractivity contribution in [3.8, 4) is 0 Å². The van der Waals surface area contributed by atoms with Gasteiger partial charge in [-0.3, -0.25) is 9.48 Å². The van der Waals surface area contributed by atoms with Gasteiger partial charge in [-0.2, -0.15) is 5.10 Å². The van der Waals surface area contributed by atoms with Crippen molar-refractivity contribution in [1.82, 2.24) is 9.78 Å². The third-order valence-corrected chi connectivity index (χ3v) is 4.09. The number of aliphatic hydroxyl groups excluding tert-OH is 1. The summed E-state index contributed by atoms with van der Waals surface area (Å²) in [5, 5.41) is 15.5. The van der Waals surface area contributed by atoms with Gasteiger partial charge in [0.05, 0.1) is 29.8 Å². The minimum absolute atomic E-state index is 0.0197. The summed E-state index contributed by atoms with van der Waals surface area (Å²) in [6, 6.07) is 4.09. The highest BCUT2D eigenvalue weighted by molar-refractivity contribution is 7.90. The Morgan fingerprint density at radius 2 is 2.14 bits per heavy atom. The Kier molecular flexibility index (Phi) is 4.84. The van der Waals surface area contributed by atoms with Gasteiger partial charge in [0.2, 0.25) is 0 Å². The van der Waals surface area contributed by atoms with Crippen LogP contribution >= 0.6 is 11.6 Å². The zero-order chi connectivity index (χ0) is 16.3. The fraction of sp³-hybridized carbons (Fsp3) is 0.231. The number of aromatic nitrogens is 2. The van der Waals surface area contributed by atoms with Gasteiger partial charge in [0, 0.05) is 23.2 Å². The summed E-state index contributed by atoms with van der Waals surface area (Å²) in [5.74, 6) is -0.453. The van der Waals surface area contributed by atoms with Crippen molar-refractivity contribution < 1.29 is 18.3 Å². The first kappa shape index (κ1) is 16.5. The largest absolute Gasteiger partial charge is 0.394 e. The van der Waals surface area contributed by atoms with Gasteiger partial charge in [-0.1, -0.05) is 11.6 Å². The number of carbonyl (C=O) groups excluding carboxylic acids is 1. The van der Waals surface area contributed by atoms with E-state index < -0.39 is 15.7 Å². The van der Waals surface area contributed by atoms with Gasteiger partial charge >= 0.3 is 0 Å². The van der Waals surface area contributed by atoms with Crippen molar-refractivity contribution in [2.75, 3.05) is 18.2 Å². The number of aliphatic hydroxyl groups is 1. The van der Waals surface area contributed by atoms with Gasteiger partial charge in [-0.15, -0.1) is 0 Å². The lowest BCUT2D eigenvalue weighted by molar-refractivity contribution is 0.102. The van der Waals surface area contributed by atoms with Crippen LogP contribution in [-0.2, 0) is 16.4 Å². The van der Waals surface area contributed by atoms with Crippen LogP contribution in [0, 0.1) is 0 Å². The van der Waals surface area contributed by atoms with E-state index in [9.17, 15) is 13.2 Å². The predicted molar refractivity (Wildman–Crippen MR) is 81.8 cm³/mol. The molecule has 2 rings (SSSR count). The Labute approximate surface area is 132 Å². The summed E-state index contributed by atoms with van der Waals surface area (Å²) in [6.07, 6.45) is 3.89. The zero-order valence-electron chi connectivity index (χ0n) is 11.7. The van der Waals surface area contributed by atoms with Crippen LogP contribution in [0.4, 0.5) is 5.69 Å². The molecule has 0 aliphatic carbocycles. The van der Waals surface area contributed by atoms with E-state index in [0.717, 1.165) is 6.26 Å². The van der Waals surface area contributed by atoms with E-state index in [1.807, 2.05) is 0 Å². The number of sulfone groups is 1. The Morgan fingerprint density at radius 3 is 2.77 bits per heavy atom. The molecule has 0 saturated heterocycles. The van der Waals surface area contributed by atoms with Crippen molar-refractivity contribution >= 4 is 33.0 Å². The fourth-order valence-electron chi connectivity index (χ4n) is 1.76. The van der Waals surface area contributed by atoms with Crippen LogP contribution in [0.3, 0.4) is 0 Å². The average molecular weight is 344 g/mol. The maximum atomic E-state index is 12.1. The first-order valence-electron chi connectivity index (χ1n) is 6.25. The molecule has 0 radical (unpaired) electrons. The van der Waals surface area contributed by atoms with Crippen LogP contribution < -0.4 is 5.32 Å². The Hall–Kier alpha value is -1.90. The van der Waals surface area contributed by atoms with Crippen LogP contribution in [0.15, 0.2) is 35.5 Å². The van der Waals surface area contributed by atoms with Gasteiger partial charge < -0.3 is 10.4 Å². The highest BCUT2D eigenvalue weighted by Gasteiger charge is 2.13. The van der Waals surface area contributed by atoms with E-state index in [2.05, 4.69) is 10.4 Å². The third-order valence-electron chi connectivity index (χ3n) is 2.78. The molecule has 7 nitrogen and oxygen atoms in total. The second-order valence-electron chi connectivity index (χ2n) is 4.62.